The highest BCUT2D eigenvalue weighted by atomic mass is 16.5. The smallest absolute Gasteiger partial charge is 0.345 e. The summed E-state index contributed by atoms with van der Waals surface area (Å²) in [5.74, 6) is 3.90. The van der Waals surface area contributed by atoms with Gasteiger partial charge in [0.05, 0.1) is 14.2 Å². The number of esters is 2. The molecule has 4 nitrogen and oxygen atoms in total. The van der Waals surface area contributed by atoms with Crippen LogP contribution in [0.4, 0.5) is 0 Å². The molecule has 0 unspecified atom stereocenters. The molecule has 0 aromatic carbocycles. The Hall–Kier alpha value is -1.76. The molecule has 0 radical (unpaired) electrons. The van der Waals surface area contributed by atoms with Gasteiger partial charge in [-0.25, -0.2) is 9.59 Å². The highest BCUT2D eigenvalue weighted by Gasteiger charge is 2.18. The molecule has 0 atom stereocenters. The standard InChI is InChI=1S/C11H14O4/c1-4-5-6-7-8-9(10(12)14-2)11(13)15-3/h8H,4-5H2,1-3H3. The molecule has 0 aliphatic heterocycles. The van der Waals surface area contributed by atoms with Crippen LogP contribution in [-0.2, 0) is 19.1 Å². The van der Waals surface area contributed by atoms with E-state index in [2.05, 4.69) is 21.3 Å². The monoisotopic (exact) mass is 210 g/mol. The van der Waals surface area contributed by atoms with Crippen molar-refractivity contribution in [2.45, 2.75) is 19.8 Å². The van der Waals surface area contributed by atoms with Crippen molar-refractivity contribution in [2.24, 2.45) is 0 Å². The molecular formula is C11H14O4. The third kappa shape index (κ3) is 4.87. The molecule has 0 aliphatic rings. The molecule has 0 aliphatic carbocycles. The molecule has 0 aromatic heterocycles. The molecule has 0 heterocycles. The van der Waals surface area contributed by atoms with Crippen molar-refractivity contribution >= 4 is 11.9 Å². The zero-order valence-corrected chi connectivity index (χ0v) is 9.12. The molecule has 15 heavy (non-hydrogen) atoms. The third-order valence-corrected chi connectivity index (χ3v) is 1.50. The fourth-order valence-electron chi connectivity index (χ4n) is 0.741. The Morgan fingerprint density at radius 1 is 1.20 bits per heavy atom. The number of carbonyl (C=O) groups is 2. The van der Waals surface area contributed by atoms with Gasteiger partial charge >= 0.3 is 11.9 Å². The van der Waals surface area contributed by atoms with E-state index in [-0.39, 0.29) is 5.57 Å². The molecular weight excluding hydrogens is 196 g/mol. The van der Waals surface area contributed by atoms with E-state index in [1.54, 1.807) is 0 Å². The van der Waals surface area contributed by atoms with Crippen LogP contribution in [-0.4, -0.2) is 26.2 Å². The van der Waals surface area contributed by atoms with Gasteiger partial charge in [-0.05, 0) is 6.42 Å². The van der Waals surface area contributed by atoms with E-state index in [0.717, 1.165) is 6.42 Å². The van der Waals surface area contributed by atoms with E-state index in [0.29, 0.717) is 6.42 Å². The van der Waals surface area contributed by atoms with Crippen molar-refractivity contribution in [3.8, 4) is 11.8 Å². The van der Waals surface area contributed by atoms with E-state index in [9.17, 15) is 9.59 Å². The lowest BCUT2D eigenvalue weighted by molar-refractivity contribution is -0.144. The van der Waals surface area contributed by atoms with Gasteiger partial charge in [-0.1, -0.05) is 18.8 Å². The molecule has 0 bridgehead atoms. The van der Waals surface area contributed by atoms with Gasteiger partial charge in [-0.2, -0.15) is 0 Å². The minimum atomic E-state index is -0.743. The summed E-state index contributed by atoms with van der Waals surface area (Å²) < 4.78 is 8.83. The first-order valence-corrected chi connectivity index (χ1v) is 4.52. The second kappa shape index (κ2) is 7.63. The van der Waals surface area contributed by atoms with Crippen molar-refractivity contribution < 1.29 is 19.1 Å². The van der Waals surface area contributed by atoms with Crippen LogP contribution in [0, 0.1) is 11.8 Å². The van der Waals surface area contributed by atoms with Crippen molar-refractivity contribution in [1.82, 2.24) is 0 Å². The van der Waals surface area contributed by atoms with Gasteiger partial charge in [0.1, 0.15) is 0 Å². The van der Waals surface area contributed by atoms with E-state index >= 15 is 0 Å². The molecule has 0 amide bonds. The Kier molecular flexibility index (Phi) is 6.73. The van der Waals surface area contributed by atoms with Crippen LogP contribution in [0.3, 0.4) is 0 Å². The number of carbonyl (C=O) groups excluding carboxylic acids is 2. The Balaban J connectivity index is 4.72. The zero-order chi connectivity index (χ0) is 11.7. The summed E-state index contributed by atoms with van der Waals surface area (Å²) in [6, 6.07) is 0. The van der Waals surface area contributed by atoms with Crippen molar-refractivity contribution in [1.29, 1.82) is 0 Å². The minimum absolute atomic E-state index is 0.191. The zero-order valence-electron chi connectivity index (χ0n) is 9.12. The van der Waals surface area contributed by atoms with Gasteiger partial charge in [0.15, 0.2) is 5.57 Å². The summed E-state index contributed by atoms with van der Waals surface area (Å²) in [7, 11) is 2.39. The second-order valence-corrected chi connectivity index (χ2v) is 2.61. The summed E-state index contributed by atoms with van der Waals surface area (Å²) in [5.41, 5.74) is -0.191. The molecule has 82 valence electrons. The largest absolute Gasteiger partial charge is 0.465 e. The van der Waals surface area contributed by atoms with E-state index in [1.807, 2.05) is 6.92 Å². The van der Waals surface area contributed by atoms with Gasteiger partial charge in [-0.3, -0.25) is 0 Å². The first-order chi connectivity index (χ1) is 7.17. The number of hydrogen-bond acceptors (Lipinski definition) is 4. The Morgan fingerprint density at radius 2 is 1.73 bits per heavy atom. The summed E-state index contributed by atoms with van der Waals surface area (Å²) in [4.78, 5) is 22.2. The first kappa shape index (κ1) is 13.2. The van der Waals surface area contributed by atoms with Crippen molar-refractivity contribution in [3.05, 3.63) is 11.6 Å². The lowest BCUT2D eigenvalue weighted by Gasteiger charge is -2.00. The molecule has 0 rings (SSSR count). The molecule has 0 N–H and O–H groups in total. The second-order valence-electron chi connectivity index (χ2n) is 2.61. The maximum atomic E-state index is 11.1. The van der Waals surface area contributed by atoms with Crippen LogP contribution in [0.1, 0.15) is 19.8 Å². The highest BCUT2D eigenvalue weighted by molar-refractivity contribution is 6.14. The van der Waals surface area contributed by atoms with E-state index < -0.39 is 11.9 Å². The number of allylic oxidation sites excluding steroid dienone is 1. The molecule has 0 aromatic rings. The fraction of sp³-hybridized carbons (Fsp3) is 0.455. The first-order valence-electron chi connectivity index (χ1n) is 4.52. The van der Waals surface area contributed by atoms with E-state index in [4.69, 9.17) is 0 Å². The van der Waals surface area contributed by atoms with Gasteiger partial charge in [0, 0.05) is 12.5 Å². The molecule has 0 spiro atoms. The van der Waals surface area contributed by atoms with Gasteiger partial charge in [0.25, 0.3) is 0 Å². The Bertz CT molecular complexity index is 299. The lowest BCUT2D eigenvalue weighted by atomic mass is 10.2. The van der Waals surface area contributed by atoms with Crippen molar-refractivity contribution in [2.75, 3.05) is 14.2 Å². The maximum Gasteiger partial charge on any atom is 0.345 e. The van der Waals surface area contributed by atoms with Crippen LogP contribution >= 0.6 is 0 Å². The van der Waals surface area contributed by atoms with Gasteiger partial charge in [0.2, 0.25) is 0 Å². The average molecular weight is 210 g/mol. The molecule has 0 saturated carbocycles. The van der Waals surface area contributed by atoms with Gasteiger partial charge in [-0.15, -0.1) is 0 Å². The predicted molar refractivity (Wildman–Crippen MR) is 54.8 cm³/mol. The average Bonchev–Trinajstić information content (AvgIpc) is 2.27. The number of ether oxygens (including phenoxy) is 2. The Morgan fingerprint density at radius 3 is 2.13 bits per heavy atom. The molecule has 0 fully saturated rings. The topological polar surface area (TPSA) is 52.6 Å². The number of methoxy groups -OCH3 is 2. The van der Waals surface area contributed by atoms with Crippen LogP contribution in [0.2, 0.25) is 0 Å². The maximum absolute atomic E-state index is 11.1. The third-order valence-electron chi connectivity index (χ3n) is 1.50. The van der Waals surface area contributed by atoms with E-state index in [1.165, 1.54) is 20.3 Å². The molecule has 4 heteroatoms. The van der Waals surface area contributed by atoms with Gasteiger partial charge < -0.3 is 9.47 Å². The summed E-state index contributed by atoms with van der Waals surface area (Å²) in [6.45, 7) is 1.99. The molecule has 0 saturated heterocycles. The number of hydrogen-bond donors (Lipinski definition) is 0. The van der Waals surface area contributed by atoms with Crippen LogP contribution in [0.25, 0.3) is 0 Å². The highest BCUT2D eigenvalue weighted by Crippen LogP contribution is 1.99. The predicted octanol–water partition coefficient (Wildman–Crippen LogP) is 1.06. The van der Waals surface area contributed by atoms with Crippen LogP contribution in [0.15, 0.2) is 11.6 Å². The summed E-state index contributed by atoms with van der Waals surface area (Å²) in [5, 5.41) is 0. The SMILES string of the molecule is CCCC#CC=C(C(=O)OC)C(=O)OC. The normalized spacial score (nSPS) is 8.20. The minimum Gasteiger partial charge on any atom is -0.465 e. The number of rotatable bonds is 3. The van der Waals surface area contributed by atoms with Crippen LogP contribution < -0.4 is 0 Å². The summed E-state index contributed by atoms with van der Waals surface area (Å²) >= 11 is 0. The lowest BCUT2D eigenvalue weighted by Crippen LogP contribution is -2.15. The fourth-order valence-corrected chi connectivity index (χ4v) is 0.741. The van der Waals surface area contributed by atoms with Crippen LogP contribution in [0.5, 0.6) is 0 Å². The quantitative estimate of drug-likeness (QED) is 0.230. The summed E-state index contributed by atoms with van der Waals surface area (Å²) in [6.07, 6.45) is 2.85. The number of unbranched alkanes of at least 4 members (excludes halogenated alkanes) is 1. The Labute approximate surface area is 89.2 Å². The van der Waals surface area contributed by atoms with Crippen molar-refractivity contribution in [3.63, 3.8) is 0 Å².